The number of anilines is 1. The zero-order valence-corrected chi connectivity index (χ0v) is 16.2. The zero-order chi connectivity index (χ0) is 19.3. The molecule has 2 amide bonds. The Hall–Kier alpha value is -2.82. The summed E-state index contributed by atoms with van der Waals surface area (Å²) >= 11 is 0. The summed E-state index contributed by atoms with van der Waals surface area (Å²) in [4.78, 5) is 31.1. The number of para-hydroxylation sites is 1. The van der Waals surface area contributed by atoms with Gasteiger partial charge in [0.15, 0.2) is 0 Å². The number of rotatable bonds is 5. The zero-order valence-electron chi connectivity index (χ0n) is 16.2. The van der Waals surface area contributed by atoms with Crippen LogP contribution in [0.4, 0.5) is 5.69 Å². The maximum Gasteiger partial charge on any atom is 0.242 e. The monoisotopic (exact) mass is 377 g/mol. The second-order valence-corrected chi connectivity index (χ2v) is 7.74. The Labute approximate surface area is 166 Å². The molecule has 0 bridgehead atoms. The first-order chi connectivity index (χ1) is 13.7. The Morgan fingerprint density at radius 2 is 1.54 bits per heavy atom. The van der Waals surface area contributed by atoms with Gasteiger partial charge in [-0.3, -0.25) is 9.59 Å². The van der Waals surface area contributed by atoms with E-state index in [4.69, 9.17) is 0 Å². The average molecular weight is 377 g/mol. The van der Waals surface area contributed by atoms with Gasteiger partial charge in [-0.15, -0.1) is 0 Å². The summed E-state index contributed by atoms with van der Waals surface area (Å²) in [5, 5.41) is 0. The molecule has 2 fully saturated rings. The highest BCUT2D eigenvalue weighted by molar-refractivity contribution is 5.86. The molecule has 2 aromatic rings. The summed E-state index contributed by atoms with van der Waals surface area (Å²) in [6, 6.07) is 20.6. The lowest BCUT2D eigenvalue weighted by Crippen LogP contribution is -2.51. The summed E-state index contributed by atoms with van der Waals surface area (Å²) < 4.78 is 0. The Bertz CT molecular complexity index is 801. The van der Waals surface area contributed by atoms with Crippen LogP contribution in [0, 0.1) is 5.92 Å². The van der Waals surface area contributed by atoms with E-state index in [1.807, 2.05) is 41.3 Å². The lowest BCUT2D eigenvalue weighted by Gasteiger charge is -2.36. The number of hydrogen-bond acceptors (Lipinski definition) is 3. The highest BCUT2D eigenvalue weighted by atomic mass is 16.2. The minimum atomic E-state index is 0.0708. The topological polar surface area (TPSA) is 43.9 Å². The third kappa shape index (κ3) is 4.35. The molecule has 0 radical (unpaired) electrons. The van der Waals surface area contributed by atoms with Gasteiger partial charge in [-0.1, -0.05) is 48.5 Å². The van der Waals surface area contributed by atoms with Gasteiger partial charge in [0.25, 0.3) is 0 Å². The van der Waals surface area contributed by atoms with E-state index in [1.165, 1.54) is 11.3 Å². The maximum absolute atomic E-state index is 12.7. The van der Waals surface area contributed by atoms with Crippen molar-refractivity contribution in [2.75, 3.05) is 44.2 Å². The van der Waals surface area contributed by atoms with Crippen molar-refractivity contribution in [3.05, 3.63) is 66.2 Å². The number of piperazine rings is 1. The summed E-state index contributed by atoms with van der Waals surface area (Å²) in [6.45, 7) is 3.99. The Balaban J connectivity index is 1.26. The summed E-state index contributed by atoms with van der Waals surface area (Å²) in [7, 11) is 0. The molecule has 5 nitrogen and oxygen atoms in total. The summed E-state index contributed by atoms with van der Waals surface area (Å²) in [5.41, 5.74) is 2.46. The second kappa shape index (κ2) is 8.46. The van der Waals surface area contributed by atoms with Crippen molar-refractivity contribution in [2.45, 2.75) is 12.8 Å². The molecule has 0 aliphatic carbocycles. The van der Waals surface area contributed by atoms with Crippen molar-refractivity contribution >= 4 is 17.5 Å². The smallest absolute Gasteiger partial charge is 0.242 e. The number of hydrogen-bond donors (Lipinski definition) is 0. The third-order valence-electron chi connectivity index (χ3n) is 5.74. The molecule has 0 saturated carbocycles. The quantitative estimate of drug-likeness (QED) is 0.804. The predicted octanol–water partition coefficient (Wildman–Crippen LogP) is 2.43. The van der Waals surface area contributed by atoms with E-state index < -0.39 is 0 Å². The van der Waals surface area contributed by atoms with Crippen LogP contribution in [0.1, 0.15) is 12.0 Å². The van der Waals surface area contributed by atoms with Crippen LogP contribution in [0.25, 0.3) is 0 Å². The fourth-order valence-corrected chi connectivity index (χ4v) is 4.21. The van der Waals surface area contributed by atoms with Crippen LogP contribution in [0.15, 0.2) is 60.7 Å². The van der Waals surface area contributed by atoms with Crippen LogP contribution >= 0.6 is 0 Å². The normalized spacial score (nSPS) is 19.9. The van der Waals surface area contributed by atoms with Gasteiger partial charge in [-0.25, -0.2) is 0 Å². The first kappa shape index (κ1) is 18.5. The van der Waals surface area contributed by atoms with Crippen molar-refractivity contribution in [2.24, 2.45) is 5.92 Å². The van der Waals surface area contributed by atoms with Crippen molar-refractivity contribution in [3.63, 3.8) is 0 Å². The van der Waals surface area contributed by atoms with Gasteiger partial charge in [-0.05, 0) is 30.0 Å². The number of nitrogens with zero attached hydrogens (tertiary/aromatic N) is 3. The fraction of sp³-hybridized carbons (Fsp3) is 0.391. The number of carbonyl (C=O) groups is 2. The standard InChI is InChI=1S/C23H27N3O2/c27-22-16-20(15-19-7-3-1-4-8-19)17-26(22)18-23(28)25-13-11-24(12-14-25)21-9-5-2-6-10-21/h1-10,20H,11-18H2/t20-/m0/s1. The second-order valence-electron chi connectivity index (χ2n) is 7.74. The van der Waals surface area contributed by atoms with Gasteiger partial charge in [-0.2, -0.15) is 0 Å². The van der Waals surface area contributed by atoms with Crippen LogP contribution in [-0.4, -0.2) is 60.9 Å². The lowest BCUT2D eigenvalue weighted by atomic mass is 9.99. The molecule has 0 unspecified atom stereocenters. The van der Waals surface area contributed by atoms with Crippen LogP contribution in [0.2, 0.25) is 0 Å². The molecular formula is C23H27N3O2. The highest BCUT2D eigenvalue weighted by Gasteiger charge is 2.32. The van der Waals surface area contributed by atoms with E-state index in [9.17, 15) is 9.59 Å². The first-order valence-corrected chi connectivity index (χ1v) is 10.1. The van der Waals surface area contributed by atoms with Crippen LogP contribution in [-0.2, 0) is 16.0 Å². The van der Waals surface area contributed by atoms with Crippen molar-refractivity contribution < 1.29 is 9.59 Å². The van der Waals surface area contributed by atoms with Crippen molar-refractivity contribution in [1.82, 2.24) is 9.80 Å². The predicted molar refractivity (Wildman–Crippen MR) is 110 cm³/mol. The van der Waals surface area contributed by atoms with E-state index in [-0.39, 0.29) is 18.4 Å². The van der Waals surface area contributed by atoms with E-state index in [2.05, 4.69) is 29.2 Å². The maximum atomic E-state index is 12.7. The number of carbonyl (C=O) groups excluding carboxylic acids is 2. The Morgan fingerprint density at radius 1 is 0.893 bits per heavy atom. The van der Waals surface area contributed by atoms with Gasteiger partial charge in [0.1, 0.15) is 0 Å². The Kier molecular flexibility index (Phi) is 5.60. The number of amides is 2. The number of likely N-dealkylation sites (tertiary alicyclic amines) is 1. The molecule has 4 rings (SSSR count). The molecule has 146 valence electrons. The van der Waals surface area contributed by atoms with E-state index in [1.54, 1.807) is 4.90 Å². The molecule has 2 aromatic carbocycles. The minimum absolute atomic E-state index is 0.0708. The molecule has 5 heteroatoms. The summed E-state index contributed by atoms with van der Waals surface area (Å²) in [6.07, 6.45) is 1.44. The van der Waals surface area contributed by atoms with Gasteiger partial charge >= 0.3 is 0 Å². The molecule has 2 aliphatic rings. The molecule has 0 spiro atoms. The Morgan fingerprint density at radius 3 is 2.21 bits per heavy atom. The molecule has 0 aromatic heterocycles. The van der Waals surface area contributed by atoms with Crippen molar-refractivity contribution in [1.29, 1.82) is 0 Å². The molecule has 2 heterocycles. The molecule has 28 heavy (non-hydrogen) atoms. The van der Waals surface area contributed by atoms with Gasteiger partial charge in [0.05, 0.1) is 6.54 Å². The van der Waals surface area contributed by atoms with Crippen molar-refractivity contribution in [3.8, 4) is 0 Å². The summed E-state index contributed by atoms with van der Waals surface area (Å²) in [5.74, 6) is 0.483. The average Bonchev–Trinajstić information content (AvgIpc) is 3.08. The molecule has 2 aliphatic heterocycles. The van der Waals surface area contributed by atoms with Gasteiger partial charge < -0.3 is 14.7 Å². The van der Waals surface area contributed by atoms with Crippen LogP contribution in [0.3, 0.4) is 0 Å². The molecule has 0 N–H and O–H groups in total. The minimum Gasteiger partial charge on any atom is -0.368 e. The molecule has 2 saturated heterocycles. The number of benzene rings is 2. The highest BCUT2D eigenvalue weighted by Crippen LogP contribution is 2.22. The van der Waals surface area contributed by atoms with E-state index in [0.717, 1.165) is 19.5 Å². The third-order valence-corrected chi connectivity index (χ3v) is 5.74. The van der Waals surface area contributed by atoms with Crippen LogP contribution in [0.5, 0.6) is 0 Å². The lowest BCUT2D eigenvalue weighted by molar-refractivity contribution is -0.138. The van der Waals surface area contributed by atoms with E-state index >= 15 is 0 Å². The van der Waals surface area contributed by atoms with Gasteiger partial charge in [0.2, 0.25) is 11.8 Å². The SMILES string of the molecule is O=C(CN1C[C@@H](Cc2ccccc2)CC1=O)N1CCN(c2ccccc2)CC1. The first-order valence-electron chi connectivity index (χ1n) is 10.1. The van der Waals surface area contributed by atoms with Gasteiger partial charge in [0, 0.05) is 44.8 Å². The fourth-order valence-electron chi connectivity index (χ4n) is 4.21. The molecular weight excluding hydrogens is 350 g/mol. The largest absolute Gasteiger partial charge is 0.368 e. The van der Waals surface area contributed by atoms with E-state index in [0.29, 0.717) is 32.0 Å². The van der Waals surface area contributed by atoms with Crippen LogP contribution < -0.4 is 4.90 Å². The molecule has 1 atom stereocenters.